The van der Waals surface area contributed by atoms with Gasteiger partial charge in [0.05, 0.1) is 18.2 Å². The molecule has 2 aliphatic rings. The molecule has 31 heavy (non-hydrogen) atoms. The highest BCUT2D eigenvalue weighted by Gasteiger charge is 2.47. The molecule has 5 rings (SSSR count). The number of thiophene rings is 1. The molecular weight excluding hydrogens is 418 g/mol. The molecular formula is C23H17NO6S. The van der Waals surface area contributed by atoms with E-state index >= 15 is 0 Å². The minimum Gasteiger partial charge on any atom is -0.507 e. The molecule has 1 N–H and O–H groups in total. The van der Waals surface area contributed by atoms with Crippen LogP contribution in [0.4, 0.5) is 5.69 Å². The van der Waals surface area contributed by atoms with Gasteiger partial charge in [-0.05, 0) is 35.7 Å². The van der Waals surface area contributed by atoms with E-state index in [1.165, 1.54) is 23.3 Å². The fourth-order valence-corrected chi connectivity index (χ4v) is 4.66. The van der Waals surface area contributed by atoms with Crippen LogP contribution in [-0.4, -0.2) is 30.7 Å². The van der Waals surface area contributed by atoms with Gasteiger partial charge in [0.1, 0.15) is 17.6 Å². The standard InChI is InChI=1S/C23H17NO6S/c1-28-15-6-3-2-5-14(15)21(25)19-20(18-7-4-10-31-18)24(23(27)22(19)26)13-8-9-16-17(11-13)30-12-29-16/h2-11,20,25H,12H2,1H3/b21-19-. The summed E-state index contributed by atoms with van der Waals surface area (Å²) in [4.78, 5) is 28.4. The van der Waals surface area contributed by atoms with Crippen LogP contribution < -0.4 is 19.1 Å². The maximum atomic E-state index is 13.1. The van der Waals surface area contributed by atoms with Crippen LogP contribution in [-0.2, 0) is 9.59 Å². The molecule has 2 aliphatic heterocycles. The normalized spacial score (nSPS) is 19.1. The number of ether oxygens (including phenoxy) is 3. The Labute approximate surface area is 181 Å². The molecule has 0 bridgehead atoms. The number of benzene rings is 2. The van der Waals surface area contributed by atoms with Crippen LogP contribution in [0.5, 0.6) is 17.2 Å². The molecule has 8 heteroatoms. The van der Waals surface area contributed by atoms with E-state index < -0.39 is 17.7 Å². The summed E-state index contributed by atoms with van der Waals surface area (Å²) < 4.78 is 16.1. The number of methoxy groups -OCH3 is 1. The van der Waals surface area contributed by atoms with E-state index in [1.54, 1.807) is 42.5 Å². The molecule has 156 valence electrons. The van der Waals surface area contributed by atoms with Gasteiger partial charge >= 0.3 is 0 Å². The van der Waals surface area contributed by atoms with Crippen molar-refractivity contribution in [3.8, 4) is 17.2 Å². The van der Waals surface area contributed by atoms with Gasteiger partial charge in [0.15, 0.2) is 11.5 Å². The lowest BCUT2D eigenvalue weighted by Gasteiger charge is -2.24. The van der Waals surface area contributed by atoms with E-state index in [9.17, 15) is 14.7 Å². The summed E-state index contributed by atoms with van der Waals surface area (Å²) in [5.74, 6) is -0.305. The molecule has 7 nitrogen and oxygen atoms in total. The molecule has 1 saturated heterocycles. The minimum atomic E-state index is -0.787. The molecule has 3 aromatic rings. The number of carbonyl (C=O) groups is 2. The van der Waals surface area contributed by atoms with Gasteiger partial charge in [-0.15, -0.1) is 11.3 Å². The van der Waals surface area contributed by atoms with Crippen molar-refractivity contribution in [3.05, 3.63) is 76.0 Å². The lowest BCUT2D eigenvalue weighted by Crippen LogP contribution is -2.29. The number of hydrogen-bond acceptors (Lipinski definition) is 7. The first-order valence-electron chi connectivity index (χ1n) is 9.47. The summed E-state index contributed by atoms with van der Waals surface area (Å²) in [6.07, 6.45) is 0. The number of amides is 1. The molecule has 0 saturated carbocycles. The number of hydrogen-bond donors (Lipinski definition) is 1. The van der Waals surface area contributed by atoms with E-state index in [0.717, 1.165) is 4.88 Å². The largest absolute Gasteiger partial charge is 0.507 e. The zero-order chi connectivity index (χ0) is 21.5. The van der Waals surface area contributed by atoms with Crippen molar-refractivity contribution in [1.29, 1.82) is 0 Å². The molecule has 0 radical (unpaired) electrons. The van der Waals surface area contributed by atoms with Crippen LogP contribution in [0.2, 0.25) is 0 Å². The Morgan fingerprint density at radius 2 is 1.90 bits per heavy atom. The van der Waals surface area contributed by atoms with Gasteiger partial charge in [0, 0.05) is 16.6 Å². The lowest BCUT2D eigenvalue weighted by molar-refractivity contribution is -0.132. The highest BCUT2D eigenvalue weighted by Crippen LogP contribution is 2.46. The molecule has 1 atom stereocenters. The zero-order valence-corrected chi connectivity index (χ0v) is 17.2. The van der Waals surface area contributed by atoms with Gasteiger partial charge in [-0.2, -0.15) is 0 Å². The zero-order valence-electron chi connectivity index (χ0n) is 16.4. The molecule has 1 aromatic heterocycles. The highest BCUT2D eigenvalue weighted by atomic mass is 32.1. The van der Waals surface area contributed by atoms with Crippen LogP contribution in [0.15, 0.2) is 65.6 Å². The Hall–Kier alpha value is -3.78. The average molecular weight is 435 g/mol. The number of fused-ring (bicyclic) bond motifs is 1. The summed E-state index contributed by atoms with van der Waals surface area (Å²) >= 11 is 1.40. The molecule has 1 unspecified atom stereocenters. The third-order valence-electron chi connectivity index (χ3n) is 5.25. The second-order valence-corrected chi connectivity index (χ2v) is 7.90. The number of carbonyl (C=O) groups excluding carboxylic acids is 2. The number of para-hydroxylation sites is 1. The average Bonchev–Trinajstić information content (AvgIpc) is 3.53. The van der Waals surface area contributed by atoms with E-state index in [4.69, 9.17) is 14.2 Å². The second kappa shape index (κ2) is 7.48. The first kappa shape index (κ1) is 19.2. The van der Waals surface area contributed by atoms with E-state index in [2.05, 4.69) is 0 Å². The number of aliphatic hydroxyl groups excluding tert-OH is 1. The van der Waals surface area contributed by atoms with Crippen molar-refractivity contribution < 1.29 is 28.9 Å². The molecule has 1 fully saturated rings. The van der Waals surface area contributed by atoms with Gasteiger partial charge in [-0.25, -0.2) is 0 Å². The van der Waals surface area contributed by atoms with Crippen molar-refractivity contribution in [2.45, 2.75) is 6.04 Å². The quantitative estimate of drug-likeness (QED) is 0.377. The first-order valence-corrected chi connectivity index (χ1v) is 10.4. The number of rotatable bonds is 4. The predicted molar refractivity (Wildman–Crippen MR) is 115 cm³/mol. The molecule has 2 aromatic carbocycles. The van der Waals surface area contributed by atoms with Crippen molar-refractivity contribution in [2.24, 2.45) is 0 Å². The van der Waals surface area contributed by atoms with E-state index in [0.29, 0.717) is 28.5 Å². The molecule has 0 spiro atoms. The third-order valence-corrected chi connectivity index (χ3v) is 6.18. The summed E-state index contributed by atoms with van der Waals surface area (Å²) in [5.41, 5.74) is 0.827. The minimum absolute atomic E-state index is 0.00890. The van der Waals surface area contributed by atoms with Crippen molar-refractivity contribution in [3.63, 3.8) is 0 Å². The summed E-state index contributed by atoms with van der Waals surface area (Å²) in [7, 11) is 1.48. The first-order chi connectivity index (χ1) is 15.1. The molecule has 1 amide bonds. The fraction of sp³-hybridized carbons (Fsp3) is 0.130. The smallest absolute Gasteiger partial charge is 0.300 e. The molecule has 3 heterocycles. The third kappa shape index (κ3) is 3.03. The Morgan fingerprint density at radius 1 is 1.10 bits per heavy atom. The van der Waals surface area contributed by atoms with Gasteiger partial charge in [0.2, 0.25) is 6.79 Å². The van der Waals surface area contributed by atoms with Crippen molar-refractivity contribution in [1.82, 2.24) is 0 Å². The van der Waals surface area contributed by atoms with E-state index in [1.807, 2.05) is 17.5 Å². The fourth-order valence-electron chi connectivity index (χ4n) is 3.84. The number of ketones is 1. The number of aliphatic hydroxyl groups is 1. The van der Waals surface area contributed by atoms with Gasteiger partial charge < -0.3 is 19.3 Å². The van der Waals surface area contributed by atoms with Crippen LogP contribution in [0, 0.1) is 0 Å². The number of nitrogens with zero attached hydrogens (tertiary/aromatic N) is 1. The summed E-state index contributed by atoms with van der Waals surface area (Å²) in [5, 5.41) is 13.0. The van der Waals surface area contributed by atoms with Crippen LogP contribution in [0.3, 0.4) is 0 Å². The van der Waals surface area contributed by atoms with Gasteiger partial charge in [-0.3, -0.25) is 14.5 Å². The van der Waals surface area contributed by atoms with Gasteiger partial charge in [0.25, 0.3) is 11.7 Å². The highest BCUT2D eigenvalue weighted by molar-refractivity contribution is 7.10. The predicted octanol–water partition coefficient (Wildman–Crippen LogP) is 4.11. The van der Waals surface area contributed by atoms with Crippen molar-refractivity contribution in [2.75, 3.05) is 18.8 Å². The topological polar surface area (TPSA) is 85.3 Å². The number of anilines is 1. The SMILES string of the molecule is COc1ccccc1/C(O)=C1/C(=O)C(=O)N(c2ccc3c(c2)OCO3)C1c1cccs1. The molecule has 0 aliphatic carbocycles. The maximum Gasteiger partial charge on any atom is 0.300 e. The Balaban J connectivity index is 1.70. The van der Waals surface area contributed by atoms with Crippen molar-refractivity contribution >= 4 is 34.5 Å². The second-order valence-electron chi connectivity index (χ2n) is 6.92. The monoisotopic (exact) mass is 435 g/mol. The van der Waals surface area contributed by atoms with Crippen LogP contribution in [0.1, 0.15) is 16.5 Å². The van der Waals surface area contributed by atoms with Crippen LogP contribution >= 0.6 is 11.3 Å². The lowest BCUT2D eigenvalue weighted by atomic mass is 9.99. The van der Waals surface area contributed by atoms with E-state index in [-0.39, 0.29) is 18.1 Å². The Kier molecular flexibility index (Phi) is 4.63. The summed E-state index contributed by atoms with van der Waals surface area (Å²) in [6, 6.07) is 14.8. The number of Topliss-reactive ketones (excluding diaryl/α,β-unsaturated/α-hetero) is 1. The Morgan fingerprint density at radius 3 is 2.68 bits per heavy atom. The van der Waals surface area contributed by atoms with Gasteiger partial charge in [-0.1, -0.05) is 18.2 Å². The Bertz CT molecular complexity index is 1220. The summed E-state index contributed by atoms with van der Waals surface area (Å²) in [6.45, 7) is 0.0970. The van der Waals surface area contributed by atoms with Crippen LogP contribution in [0.25, 0.3) is 5.76 Å². The maximum absolute atomic E-state index is 13.1.